The van der Waals surface area contributed by atoms with Gasteiger partial charge in [-0.2, -0.15) is 4.31 Å². The number of ether oxygens (including phenoxy) is 1. The molecule has 0 aliphatic carbocycles. The molecule has 1 atom stereocenters. The van der Waals surface area contributed by atoms with Crippen LogP contribution in [0.15, 0.2) is 52.3 Å². The molecular formula is C22H30N2O5S2. The Morgan fingerprint density at radius 1 is 1.00 bits per heavy atom. The molecule has 1 fully saturated rings. The number of nitrogens with zero attached hydrogens (tertiary/aromatic N) is 1. The Morgan fingerprint density at radius 2 is 1.65 bits per heavy atom. The lowest BCUT2D eigenvalue weighted by molar-refractivity contribution is 0.343. The van der Waals surface area contributed by atoms with Crippen LogP contribution in [0, 0.1) is 0 Å². The molecule has 3 rings (SSSR count). The van der Waals surface area contributed by atoms with Crippen LogP contribution in [-0.2, 0) is 20.0 Å². The monoisotopic (exact) mass is 466 g/mol. The summed E-state index contributed by atoms with van der Waals surface area (Å²) in [6.45, 7) is 5.06. The summed E-state index contributed by atoms with van der Waals surface area (Å²) in [5, 5.41) is 0. The van der Waals surface area contributed by atoms with E-state index in [2.05, 4.69) is 18.6 Å². The van der Waals surface area contributed by atoms with Crippen molar-refractivity contribution in [2.75, 3.05) is 24.9 Å². The van der Waals surface area contributed by atoms with Crippen LogP contribution in [0.5, 0.6) is 5.75 Å². The highest BCUT2D eigenvalue weighted by Crippen LogP contribution is 2.32. The summed E-state index contributed by atoms with van der Waals surface area (Å²) in [5.41, 5.74) is 1.24. The normalized spacial score (nSPS) is 16.6. The molecule has 2 aromatic carbocycles. The standard InChI is InChI=1S/C22H30N2O5S2/c1-4-17(2)18-8-11-20(12-9-18)30(25,26)23-19-10-13-21(29-3)22(16-19)31(27,28)24-14-6-5-7-15-24/h8-13,16-17,23H,4-7,14-15H2,1-3H3. The predicted octanol–water partition coefficient (Wildman–Crippen LogP) is 4.18. The molecule has 0 spiro atoms. The topological polar surface area (TPSA) is 92.8 Å². The van der Waals surface area contributed by atoms with Crippen molar-refractivity contribution >= 4 is 25.7 Å². The molecule has 0 amide bonds. The van der Waals surface area contributed by atoms with Gasteiger partial charge in [0.2, 0.25) is 10.0 Å². The van der Waals surface area contributed by atoms with Crippen LogP contribution in [0.2, 0.25) is 0 Å². The molecule has 1 aliphatic heterocycles. The van der Waals surface area contributed by atoms with E-state index in [-0.39, 0.29) is 21.2 Å². The van der Waals surface area contributed by atoms with Gasteiger partial charge >= 0.3 is 0 Å². The van der Waals surface area contributed by atoms with E-state index in [4.69, 9.17) is 4.74 Å². The van der Waals surface area contributed by atoms with Crippen molar-refractivity contribution in [2.45, 2.75) is 55.2 Å². The smallest absolute Gasteiger partial charge is 0.261 e. The molecule has 7 nitrogen and oxygen atoms in total. The largest absolute Gasteiger partial charge is 0.495 e. The zero-order valence-electron chi connectivity index (χ0n) is 18.2. The summed E-state index contributed by atoms with van der Waals surface area (Å²) in [6, 6.07) is 11.1. The Hall–Kier alpha value is -2.10. The molecule has 1 aliphatic rings. The molecule has 0 aromatic heterocycles. The maximum atomic E-state index is 13.2. The summed E-state index contributed by atoms with van der Waals surface area (Å²) < 4.78 is 61.2. The lowest BCUT2D eigenvalue weighted by Gasteiger charge is -2.26. The van der Waals surface area contributed by atoms with E-state index in [1.807, 2.05) is 12.1 Å². The average Bonchev–Trinajstić information content (AvgIpc) is 2.79. The highest BCUT2D eigenvalue weighted by atomic mass is 32.2. The number of benzene rings is 2. The third-order valence-corrected chi connectivity index (χ3v) is 9.04. The first-order valence-electron chi connectivity index (χ1n) is 10.5. The fraction of sp³-hybridized carbons (Fsp3) is 0.455. The predicted molar refractivity (Wildman–Crippen MR) is 122 cm³/mol. The Kier molecular flexibility index (Phi) is 7.28. The van der Waals surface area contributed by atoms with Crippen LogP contribution in [0.4, 0.5) is 5.69 Å². The molecule has 1 unspecified atom stereocenters. The molecule has 0 radical (unpaired) electrons. The Morgan fingerprint density at radius 3 is 2.23 bits per heavy atom. The van der Waals surface area contributed by atoms with Gasteiger partial charge in [0.1, 0.15) is 10.6 Å². The molecule has 31 heavy (non-hydrogen) atoms. The third-order valence-electron chi connectivity index (χ3n) is 5.72. The first-order valence-corrected chi connectivity index (χ1v) is 13.4. The lowest BCUT2D eigenvalue weighted by atomic mass is 9.99. The molecule has 2 aromatic rings. The molecule has 1 heterocycles. The van der Waals surface area contributed by atoms with Gasteiger partial charge in [-0.15, -0.1) is 0 Å². The second-order valence-corrected chi connectivity index (χ2v) is 11.4. The lowest BCUT2D eigenvalue weighted by Crippen LogP contribution is -2.35. The van der Waals surface area contributed by atoms with Gasteiger partial charge in [0.25, 0.3) is 10.0 Å². The first-order chi connectivity index (χ1) is 14.7. The highest BCUT2D eigenvalue weighted by molar-refractivity contribution is 7.92. The molecule has 9 heteroatoms. The molecule has 170 valence electrons. The third kappa shape index (κ3) is 5.22. The Bertz CT molecular complexity index is 1110. The zero-order chi connectivity index (χ0) is 22.6. The van der Waals surface area contributed by atoms with Gasteiger partial charge < -0.3 is 4.74 Å². The number of sulfonamides is 2. The minimum absolute atomic E-state index is 0.0378. The van der Waals surface area contributed by atoms with E-state index in [0.717, 1.165) is 31.2 Å². The quantitative estimate of drug-likeness (QED) is 0.630. The molecule has 1 N–H and O–H groups in total. The fourth-order valence-corrected chi connectivity index (χ4v) is 6.36. The Balaban J connectivity index is 1.90. The zero-order valence-corrected chi connectivity index (χ0v) is 19.8. The number of hydrogen-bond donors (Lipinski definition) is 1. The number of anilines is 1. The van der Waals surface area contributed by atoms with Gasteiger partial charge in [-0.1, -0.05) is 32.4 Å². The van der Waals surface area contributed by atoms with Crippen molar-refractivity contribution in [3.8, 4) is 5.75 Å². The number of nitrogens with one attached hydrogen (secondary N) is 1. The second kappa shape index (κ2) is 9.58. The van der Waals surface area contributed by atoms with Crippen molar-refractivity contribution in [3.63, 3.8) is 0 Å². The van der Waals surface area contributed by atoms with E-state index in [9.17, 15) is 16.8 Å². The van der Waals surface area contributed by atoms with Gasteiger partial charge in [-0.25, -0.2) is 16.8 Å². The summed E-state index contributed by atoms with van der Waals surface area (Å²) in [4.78, 5) is 0.0834. The van der Waals surface area contributed by atoms with Crippen molar-refractivity contribution in [1.82, 2.24) is 4.31 Å². The molecular weight excluding hydrogens is 436 g/mol. The van der Waals surface area contributed by atoms with E-state index >= 15 is 0 Å². The fourth-order valence-electron chi connectivity index (χ4n) is 3.61. The minimum Gasteiger partial charge on any atom is -0.495 e. The second-order valence-electron chi connectivity index (χ2n) is 7.81. The Labute approximate surface area is 185 Å². The molecule has 1 saturated heterocycles. The van der Waals surface area contributed by atoms with E-state index in [1.165, 1.54) is 29.6 Å². The number of rotatable bonds is 8. The van der Waals surface area contributed by atoms with Crippen LogP contribution in [-0.4, -0.2) is 41.3 Å². The van der Waals surface area contributed by atoms with Crippen molar-refractivity contribution < 1.29 is 21.6 Å². The molecule has 0 bridgehead atoms. The minimum atomic E-state index is -3.87. The van der Waals surface area contributed by atoms with Crippen LogP contribution in [0.25, 0.3) is 0 Å². The van der Waals surface area contributed by atoms with Gasteiger partial charge in [0, 0.05) is 13.1 Å². The van der Waals surface area contributed by atoms with Gasteiger partial charge in [0.15, 0.2) is 0 Å². The van der Waals surface area contributed by atoms with Crippen molar-refractivity contribution in [3.05, 3.63) is 48.0 Å². The van der Waals surface area contributed by atoms with Crippen LogP contribution in [0.1, 0.15) is 51.0 Å². The average molecular weight is 467 g/mol. The van der Waals surface area contributed by atoms with E-state index < -0.39 is 20.0 Å². The van der Waals surface area contributed by atoms with Crippen LogP contribution >= 0.6 is 0 Å². The van der Waals surface area contributed by atoms with E-state index in [0.29, 0.717) is 19.0 Å². The van der Waals surface area contributed by atoms with E-state index in [1.54, 1.807) is 12.1 Å². The number of hydrogen-bond acceptors (Lipinski definition) is 5. The number of piperidine rings is 1. The maximum absolute atomic E-state index is 13.2. The summed E-state index contributed by atoms with van der Waals surface area (Å²) in [5.74, 6) is 0.528. The molecule has 0 saturated carbocycles. The summed E-state index contributed by atoms with van der Waals surface area (Å²) in [7, 11) is -6.26. The van der Waals surface area contributed by atoms with Crippen molar-refractivity contribution in [2.24, 2.45) is 0 Å². The highest BCUT2D eigenvalue weighted by Gasteiger charge is 2.29. The first kappa shape index (κ1) is 23.6. The van der Waals surface area contributed by atoms with Gasteiger partial charge in [0.05, 0.1) is 17.7 Å². The van der Waals surface area contributed by atoms with Crippen LogP contribution in [0.3, 0.4) is 0 Å². The van der Waals surface area contributed by atoms with Gasteiger partial charge in [-0.3, -0.25) is 4.72 Å². The van der Waals surface area contributed by atoms with Crippen LogP contribution < -0.4 is 9.46 Å². The summed E-state index contributed by atoms with van der Waals surface area (Å²) in [6.07, 6.45) is 3.57. The number of methoxy groups -OCH3 is 1. The SMILES string of the molecule is CCC(C)c1ccc(S(=O)(=O)Nc2ccc(OC)c(S(=O)(=O)N3CCCCC3)c2)cc1. The van der Waals surface area contributed by atoms with Crippen molar-refractivity contribution in [1.29, 1.82) is 0 Å². The summed E-state index contributed by atoms with van der Waals surface area (Å²) >= 11 is 0. The van der Waals surface area contributed by atoms with Gasteiger partial charge in [-0.05, 0) is 61.1 Å². The maximum Gasteiger partial charge on any atom is 0.261 e.